The zero-order valence-electron chi connectivity index (χ0n) is 8.40. The van der Waals surface area contributed by atoms with Crippen molar-refractivity contribution in [3.05, 3.63) is 23.9 Å². The smallest absolute Gasteiger partial charge is 0.216 e. The molecule has 1 aliphatic rings. The van der Waals surface area contributed by atoms with E-state index in [0.29, 0.717) is 0 Å². The van der Waals surface area contributed by atoms with E-state index in [9.17, 15) is 0 Å². The average Bonchev–Trinajstić information content (AvgIpc) is 2.23. The van der Waals surface area contributed by atoms with Crippen molar-refractivity contribution >= 4 is 0 Å². The zero-order valence-corrected chi connectivity index (χ0v) is 8.40. The summed E-state index contributed by atoms with van der Waals surface area (Å²) in [6.45, 7) is 3.62. The van der Waals surface area contributed by atoms with Crippen LogP contribution in [0.4, 0.5) is 0 Å². The van der Waals surface area contributed by atoms with Crippen LogP contribution in [0.3, 0.4) is 0 Å². The first kappa shape index (κ1) is 9.46. The van der Waals surface area contributed by atoms with E-state index in [1.807, 2.05) is 19.1 Å². The Morgan fingerprint density at radius 1 is 1.43 bits per heavy atom. The number of aryl methyl sites for hydroxylation is 1. The largest absolute Gasteiger partial charge is 0.474 e. The fourth-order valence-electron chi connectivity index (χ4n) is 1.55. The average molecular weight is 193 g/mol. The maximum Gasteiger partial charge on any atom is 0.216 e. The molecule has 0 radical (unpaired) electrons. The van der Waals surface area contributed by atoms with Crippen LogP contribution >= 0.6 is 0 Å². The Balaban J connectivity index is 1.99. The van der Waals surface area contributed by atoms with Crippen molar-refractivity contribution in [2.24, 2.45) is 0 Å². The van der Waals surface area contributed by atoms with Crippen LogP contribution in [-0.4, -0.2) is 24.3 Å². The molecule has 0 saturated carbocycles. The van der Waals surface area contributed by atoms with Crippen LogP contribution in [0.1, 0.15) is 18.4 Å². The highest BCUT2D eigenvalue weighted by molar-refractivity contribution is 5.23. The standard InChI is InChI=1S/C11H15NO2/c1-9-3-2-6-12-11(9)14-10-4-7-13-8-5-10/h2-3,6,10H,4-5,7-8H2,1H3. The molecule has 2 heterocycles. The normalized spacial score (nSPS) is 18.1. The first-order valence-corrected chi connectivity index (χ1v) is 5.02. The molecule has 0 N–H and O–H groups in total. The molecule has 1 saturated heterocycles. The summed E-state index contributed by atoms with van der Waals surface area (Å²) in [5, 5.41) is 0. The van der Waals surface area contributed by atoms with Crippen molar-refractivity contribution < 1.29 is 9.47 Å². The lowest BCUT2D eigenvalue weighted by molar-refractivity contribution is 0.0234. The predicted molar refractivity (Wildman–Crippen MR) is 53.4 cm³/mol. The number of hydrogen-bond donors (Lipinski definition) is 0. The van der Waals surface area contributed by atoms with Crippen molar-refractivity contribution in [1.82, 2.24) is 4.98 Å². The van der Waals surface area contributed by atoms with Crippen molar-refractivity contribution in [2.45, 2.75) is 25.9 Å². The quantitative estimate of drug-likeness (QED) is 0.719. The summed E-state index contributed by atoms with van der Waals surface area (Å²) in [5.41, 5.74) is 1.10. The first-order valence-electron chi connectivity index (χ1n) is 5.02. The molecule has 0 spiro atoms. The van der Waals surface area contributed by atoms with Crippen LogP contribution in [0.2, 0.25) is 0 Å². The molecule has 1 aliphatic heterocycles. The van der Waals surface area contributed by atoms with Gasteiger partial charge in [0.2, 0.25) is 5.88 Å². The first-order chi connectivity index (χ1) is 6.86. The molecule has 1 aromatic heterocycles. The molecule has 0 aliphatic carbocycles. The summed E-state index contributed by atoms with van der Waals surface area (Å²) >= 11 is 0. The third-order valence-corrected chi connectivity index (χ3v) is 2.41. The van der Waals surface area contributed by atoms with E-state index < -0.39 is 0 Å². The van der Waals surface area contributed by atoms with Crippen molar-refractivity contribution in [1.29, 1.82) is 0 Å². The van der Waals surface area contributed by atoms with Gasteiger partial charge in [0.1, 0.15) is 6.10 Å². The van der Waals surface area contributed by atoms with Crippen LogP contribution < -0.4 is 4.74 Å². The van der Waals surface area contributed by atoms with Gasteiger partial charge in [-0.15, -0.1) is 0 Å². The summed E-state index contributed by atoms with van der Waals surface area (Å²) in [7, 11) is 0. The fraction of sp³-hybridized carbons (Fsp3) is 0.545. The molecule has 3 nitrogen and oxygen atoms in total. The Kier molecular flexibility index (Phi) is 2.99. The van der Waals surface area contributed by atoms with Gasteiger partial charge in [0.25, 0.3) is 0 Å². The Labute approximate surface area is 84.1 Å². The van der Waals surface area contributed by atoms with E-state index in [1.165, 1.54) is 0 Å². The molecule has 1 fully saturated rings. The molecule has 0 atom stereocenters. The molecule has 2 rings (SSSR count). The summed E-state index contributed by atoms with van der Waals surface area (Å²) in [4.78, 5) is 4.21. The van der Waals surface area contributed by atoms with Gasteiger partial charge in [-0.05, 0) is 13.0 Å². The summed E-state index contributed by atoms with van der Waals surface area (Å²) < 4.78 is 11.1. The topological polar surface area (TPSA) is 31.4 Å². The molecule has 0 amide bonds. The fourth-order valence-corrected chi connectivity index (χ4v) is 1.55. The lowest BCUT2D eigenvalue weighted by atomic mass is 10.1. The minimum absolute atomic E-state index is 0.275. The Hall–Kier alpha value is -1.09. The Morgan fingerprint density at radius 2 is 2.21 bits per heavy atom. The van der Waals surface area contributed by atoms with E-state index in [-0.39, 0.29) is 6.10 Å². The lowest BCUT2D eigenvalue weighted by Crippen LogP contribution is -2.26. The molecule has 14 heavy (non-hydrogen) atoms. The van der Waals surface area contributed by atoms with Gasteiger partial charge in [-0.25, -0.2) is 4.98 Å². The van der Waals surface area contributed by atoms with Crippen LogP contribution in [0.25, 0.3) is 0 Å². The van der Waals surface area contributed by atoms with E-state index in [0.717, 1.165) is 37.5 Å². The molecule has 0 bridgehead atoms. The van der Waals surface area contributed by atoms with Crippen molar-refractivity contribution in [3.63, 3.8) is 0 Å². The second-order valence-electron chi connectivity index (χ2n) is 3.56. The number of hydrogen-bond acceptors (Lipinski definition) is 3. The molecule has 76 valence electrons. The summed E-state index contributed by atoms with van der Waals surface area (Å²) in [6, 6.07) is 3.94. The van der Waals surface area contributed by atoms with Crippen molar-refractivity contribution in [3.8, 4) is 5.88 Å². The molecular formula is C11H15NO2. The van der Waals surface area contributed by atoms with E-state index in [2.05, 4.69) is 4.98 Å². The van der Waals surface area contributed by atoms with Gasteiger partial charge in [-0.1, -0.05) is 6.07 Å². The second-order valence-corrected chi connectivity index (χ2v) is 3.56. The lowest BCUT2D eigenvalue weighted by Gasteiger charge is -2.23. The number of nitrogens with zero attached hydrogens (tertiary/aromatic N) is 1. The molecule has 0 aromatic carbocycles. The molecular weight excluding hydrogens is 178 g/mol. The highest BCUT2D eigenvalue weighted by Crippen LogP contribution is 2.18. The van der Waals surface area contributed by atoms with Crippen molar-refractivity contribution in [2.75, 3.05) is 13.2 Å². The highest BCUT2D eigenvalue weighted by atomic mass is 16.5. The SMILES string of the molecule is Cc1cccnc1OC1CCOCC1. The van der Waals surface area contributed by atoms with Crippen LogP contribution in [0.15, 0.2) is 18.3 Å². The van der Waals surface area contributed by atoms with Gasteiger partial charge in [-0.3, -0.25) is 0 Å². The second kappa shape index (κ2) is 4.42. The van der Waals surface area contributed by atoms with Gasteiger partial charge in [0, 0.05) is 24.6 Å². The van der Waals surface area contributed by atoms with Gasteiger partial charge < -0.3 is 9.47 Å². The zero-order chi connectivity index (χ0) is 9.80. The maximum absolute atomic E-state index is 5.79. The van der Waals surface area contributed by atoms with Gasteiger partial charge in [-0.2, -0.15) is 0 Å². The summed E-state index contributed by atoms with van der Waals surface area (Å²) in [6.07, 6.45) is 3.98. The molecule has 0 unspecified atom stereocenters. The van der Waals surface area contributed by atoms with Gasteiger partial charge in [0.05, 0.1) is 13.2 Å². The van der Waals surface area contributed by atoms with Crippen LogP contribution in [-0.2, 0) is 4.74 Å². The van der Waals surface area contributed by atoms with Gasteiger partial charge in [0.15, 0.2) is 0 Å². The Bertz CT molecular complexity index is 295. The minimum atomic E-state index is 0.275. The number of rotatable bonds is 2. The van der Waals surface area contributed by atoms with Crippen LogP contribution in [0.5, 0.6) is 5.88 Å². The number of pyridine rings is 1. The van der Waals surface area contributed by atoms with E-state index in [4.69, 9.17) is 9.47 Å². The third kappa shape index (κ3) is 2.23. The highest BCUT2D eigenvalue weighted by Gasteiger charge is 2.16. The minimum Gasteiger partial charge on any atom is -0.474 e. The molecule has 3 heteroatoms. The molecule has 1 aromatic rings. The summed E-state index contributed by atoms with van der Waals surface area (Å²) in [5.74, 6) is 0.763. The van der Waals surface area contributed by atoms with E-state index >= 15 is 0 Å². The predicted octanol–water partition coefficient (Wildman–Crippen LogP) is 1.95. The third-order valence-electron chi connectivity index (χ3n) is 2.41. The van der Waals surface area contributed by atoms with Crippen LogP contribution in [0, 0.1) is 6.92 Å². The van der Waals surface area contributed by atoms with Gasteiger partial charge >= 0.3 is 0 Å². The van der Waals surface area contributed by atoms with E-state index in [1.54, 1.807) is 6.20 Å². The maximum atomic E-state index is 5.79. The number of ether oxygens (including phenoxy) is 2. The Morgan fingerprint density at radius 3 is 2.93 bits per heavy atom. The monoisotopic (exact) mass is 193 g/mol. The number of aromatic nitrogens is 1.